The van der Waals surface area contributed by atoms with Gasteiger partial charge in [0.1, 0.15) is 5.75 Å². The van der Waals surface area contributed by atoms with Crippen molar-refractivity contribution in [2.75, 3.05) is 44.4 Å². The Hall–Kier alpha value is -2.07. The number of halogens is 1. The maximum Gasteiger partial charge on any atom is 0.119 e. The van der Waals surface area contributed by atoms with E-state index < -0.39 is 0 Å². The summed E-state index contributed by atoms with van der Waals surface area (Å²) >= 11 is 0. The van der Waals surface area contributed by atoms with Gasteiger partial charge in [-0.05, 0) is 29.8 Å². The predicted octanol–water partition coefficient (Wildman–Crippen LogP) is 3.75. The minimum atomic E-state index is -0.326. The molecule has 0 N–H and O–H groups in total. The second-order valence-electron chi connectivity index (χ2n) is 6.13. The number of anilines is 1. The molecule has 0 saturated carbocycles. The summed E-state index contributed by atoms with van der Waals surface area (Å²) in [5, 5.41) is 0. The average Bonchev–Trinajstić information content (AvgIpc) is 2.65. The summed E-state index contributed by atoms with van der Waals surface area (Å²) in [6.07, 6.45) is 0.452. The Labute approximate surface area is 143 Å². The zero-order valence-electron chi connectivity index (χ0n) is 14.0. The van der Waals surface area contributed by atoms with E-state index in [1.165, 1.54) is 11.3 Å². The van der Waals surface area contributed by atoms with Gasteiger partial charge in [-0.2, -0.15) is 0 Å². The lowest BCUT2D eigenvalue weighted by Crippen LogP contribution is -2.45. The van der Waals surface area contributed by atoms with Crippen LogP contribution in [0.4, 0.5) is 10.1 Å². The quantitative estimate of drug-likeness (QED) is 0.720. The Bertz CT molecular complexity index is 595. The molecule has 2 aromatic carbocycles. The molecule has 1 aliphatic rings. The van der Waals surface area contributed by atoms with Crippen molar-refractivity contribution in [2.24, 2.45) is 0 Å². The van der Waals surface area contributed by atoms with Gasteiger partial charge in [-0.25, -0.2) is 0 Å². The first kappa shape index (κ1) is 16.8. The van der Waals surface area contributed by atoms with Crippen LogP contribution >= 0.6 is 0 Å². The third kappa shape index (κ3) is 4.71. The molecule has 1 heterocycles. The normalized spacial score (nSPS) is 15.5. The van der Waals surface area contributed by atoms with Crippen molar-refractivity contribution in [3.8, 4) is 5.75 Å². The maximum absolute atomic E-state index is 12.1. The van der Waals surface area contributed by atoms with Gasteiger partial charge in [0.15, 0.2) is 0 Å². The zero-order valence-corrected chi connectivity index (χ0v) is 14.0. The Morgan fingerprint density at radius 2 is 1.58 bits per heavy atom. The second kappa shape index (κ2) is 8.69. The first-order valence-corrected chi connectivity index (χ1v) is 8.65. The molecule has 1 saturated heterocycles. The van der Waals surface area contributed by atoms with Crippen LogP contribution in [0.25, 0.3) is 0 Å². The highest BCUT2D eigenvalue weighted by Crippen LogP contribution is 2.18. The average molecular weight is 328 g/mol. The number of benzene rings is 2. The third-order valence-corrected chi connectivity index (χ3v) is 4.37. The van der Waals surface area contributed by atoms with E-state index in [4.69, 9.17) is 4.74 Å². The van der Waals surface area contributed by atoms with Gasteiger partial charge < -0.3 is 9.64 Å². The Balaban J connectivity index is 1.46. The monoisotopic (exact) mass is 328 g/mol. The lowest BCUT2D eigenvalue weighted by molar-refractivity contribution is 0.249. The molecule has 3 nitrogen and oxygen atoms in total. The van der Waals surface area contributed by atoms with Gasteiger partial charge in [-0.1, -0.05) is 30.3 Å². The molecule has 0 spiro atoms. The van der Waals surface area contributed by atoms with Crippen LogP contribution in [0.1, 0.15) is 12.0 Å². The molecule has 24 heavy (non-hydrogen) atoms. The van der Waals surface area contributed by atoms with Crippen molar-refractivity contribution in [2.45, 2.75) is 13.0 Å². The van der Waals surface area contributed by atoms with Crippen LogP contribution in [-0.2, 0) is 6.54 Å². The van der Waals surface area contributed by atoms with Gasteiger partial charge >= 0.3 is 0 Å². The molecule has 3 rings (SSSR count). The van der Waals surface area contributed by atoms with E-state index in [1.54, 1.807) is 0 Å². The van der Waals surface area contributed by atoms with E-state index in [0.717, 1.165) is 38.5 Å². The molecule has 0 amide bonds. The number of ether oxygens (including phenoxy) is 1. The van der Waals surface area contributed by atoms with E-state index in [9.17, 15) is 4.39 Å². The molecule has 0 bridgehead atoms. The minimum absolute atomic E-state index is 0.326. The van der Waals surface area contributed by atoms with E-state index in [2.05, 4.69) is 52.3 Å². The maximum atomic E-state index is 12.1. The molecule has 2 aromatic rings. The fourth-order valence-corrected chi connectivity index (χ4v) is 3.00. The summed E-state index contributed by atoms with van der Waals surface area (Å²) in [7, 11) is 0. The first-order chi connectivity index (χ1) is 11.8. The summed E-state index contributed by atoms with van der Waals surface area (Å²) in [5.41, 5.74) is 2.60. The fourth-order valence-electron chi connectivity index (χ4n) is 3.00. The highest BCUT2D eigenvalue weighted by molar-refractivity contribution is 5.46. The summed E-state index contributed by atoms with van der Waals surface area (Å²) in [6, 6.07) is 18.8. The van der Waals surface area contributed by atoms with Gasteiger partial charge in [0.2, 0.25) is 0 Å². The number of hydrogen-bond acceptors (Lipinski definition) is 3. The van der Waals surface area contributed by atoms with Crippen molar-refractivity contribution in [1.82, 2.24) is 4.90 Å². The molecular formula is C20H25FN2O. The van der Waals surface area contributed by atoms with Crippen LogP contribution in [-0.4, -0.2) is 44.4 Å². The Kier molecular flexibility index (Phi) is 6.07. The van der Waals surface area contributed by atoms with Crippen molar-refractivity contribution in [3.63, 3.8) is 0 Å². The molecule has 128 valence electrons. The highest BCUT2D eigenvalue weighted by Gasteiger charge is 2.17. The summed E-state index contributed by atoms with van der Waals surface area (Å²) < 4.78 is 17.6. The minimum Gasteiger partial charge on any atom is -0.494 e. The van der Waals surface area contributed by atoms with Gasteiger partial charge in [0.25, 0.3) is 0 Å². The molecule has 0 aliphatic carbocycles. The summed E-state index contributed by atoms with van der Waals surface area (Å²) in [6.45, 7) is 5.36. The Morgan fingerprint density at radius 1 is 0.875 bits per heavy atom. The SMILES string of the molecule is FCCCOc1ccc(CN2CCN(c3ccccc3)CC2)cc1. The molecule has 1 aliphatic heterocycles. The molecular weight excluding hydrogens is 303 g/mol. The van der Waals surface area contributed by atoms with E-state index in [0.29, 0.717) is 13.0 Å². The lowest BCUT2D eigenvalue weighted by atomic mass is 10.2. The fraction of sp³-hybridized carbons (Fsp3) is 0.400. The second-order valence-corrected chi connectivity index (χ2v) is 6.13. The van der Waals surface area contributed by atoms with Crippen molar-refractivity contribution in [3.05, 3.63) is 60.2 Å². The van der Waals surface area contributed by atoms with Crippen molar-refractivity contribution in [1.29, 1.82) is 0 Å². The molecule has 0 unspecified atom stereocenters. The van der Waals surface area contributed by atoms with Crippen molar-refractivity contribution < 1.29 is 9.13 Å². The van der Waals surface area contributed by atoms with Crippen LogP contribution in [0.5, 0.6) is 5.75 Å². The number of nitrogens with zero attached hydrogens (tertiary/aromatic N) is 2. The number of piperazine rings is 1. The number of rotatable bonds is 7. The zero-order chi connectivity index (χ0) is 16.6. The van der Waals surface area contributed by atoms with Crippen LogP contribution in [0.15, 0.2) is 54.6 Å². The third-order valence-electron chi connectivity index (χ3n) is 4.37. The highest BCUT2D eigenvalue weighted by atomic mass is 19.1. The van der Waals surface area contributed by atoms with Gasteiger partial charge in [-0.3, -0.25) is 9.29 Å². The van der Waals surface area contributed by atoms with Gasteiger partial charge in [-0.15, -0.1) is 0 Å². The lowest BCUT2D eigenvalue weighted by Gasteiger charge is -2.36. The molecule has 0 aromatic heterocycles. The summed E-state index contributed by atoms with van der Waals surface area (Å²) in [4.78, 5) is 4.93. The van der Waals surface area contributed by atoms with Crippen LogP contribution in [0.2, 0.25) is 0 Å². The van der Waals surface area contributed by atoms with E-state index >= 15 is 0 Å². The summed E-state index contributed by atoms with van der Waals surface area (Å²) in [5.74, 6) is 0.820. The van der Waals surface area contributed by atoms with Crippen LogP contribution < -0.4 is 9.64 Å². The van der Waals surface area contributed by atoms with Crippen LogP contribution in [0, 0.1) is 0 Å². The van der Waals surface area contributed by atoms with E-state index in [1.807, 2.05) is 12.1 Å². The first-order valence-electron chi connectivity index (χ1n) is 8.65. The molecule has 4 heteroatoms. The predicted molar refractivity (Wildman–Crippen MR) is 96.5 cm³/mol. The number of para-hydroxylation sites is 1. The molecule has 0 radical (unpaired) electrons. The largest absolute Gasteiger partial charge is 0.494 e. The van der Waals surface area contributed by atoms with Crippen molar-refractivity contribution >= 4 is 5.69 Å². The molecule has 0 atom stereocenters. The topological polar surface area (TPSA) is 15.7 Å². The number of alkyl halides is 1. The van der Waals surface area contributed by atoms with Crippen LogP contribution in [0.3, 0.4) is 0 Å². The smallest absolute Gasteiger partial charge is 0.119 e. The van der Waals surface area contributed by atoms with Gasteiger partial charge in [0.05, 0.1) is 13.3 Å². The van der Waals surface area contributed by atoms with Gasteiger partial charge in [0, 0.05) is 44.8 Å². The number of hydrogen-bond donors (Lipinski definition) is 0. The standard InChI is InChI=1S/C20H25FN2O/c21-11-4-16-24-20-9-7-18(8-10-20)17-22-12-14-23(15-13-22)19-5-2-1-3-6-19/h1-3,5-10H,4,11-17H2. The molecule has 1 fully saturated rings. The van der Waals surface area contributed by atoms with E-state index in [-0.39, 0.29) is 6.67 Å². The Morgan fingerprint density at radius 3 is 2.25 bits per heavy atom.